The van der Waals surface area contributed by atoms with Crippen LogP contribution in [-0.4, -0.2) is 39.5 Å². The lowest BCUT2D eigenvalue weighted by atomic mass is 9.89. The monoisotopic (exact) mass is 549 g/mol. The molecule has 1 saturated carbocycles. The van der Waals surface area contributed by atoms with Gasteiger partial charge in [0.1, 0.15) is 0 Å². The van der Waals surface area contributed by atoms with E-state index < -0.39 is 18.3 Å². The van der Waals surface area contributed by atoms with Gasteiger partial charge in [0, 0.05) is 18.8 Å². The molecule has 1 aromatic heterocycles. The first-order valence-corrected chi connectivity index (χ1v) is 12.3. The second kappa shape index (κ2) is 12.4. The number of hydrogen-bond acceptors (Lipinski definition) is 5. The van der Waals surface area contributed by atoms with Crippen LogP contribution in [0.15, 0.2) is 37.9 Å². The van der Waals surface area contributed by atoms with E-state index in [1.165, 1.54) is 0 Å². The number of primary amides is 1. The number of thiophene rings is 1. The second-order valence-electron chi connectivity index (χ2n) is 7.52. The van der Waals surface area contributed by atoms with Gasteiger partial charge in [0.05, 0.1) is 25.9 Å². The van der Waals surface area contributed by atoms with Gasteiger partial charge in [-0.25, -0.2) is 0 Å². The molecule has 0 aliphatic heterocycles. The standard InChI is InChI=1S/C21H29Br2NO4S/c22-19-11-13(21(23)29-19)7-8-14(25)9-10-16-15(17(26)12-18(16)27)5-3-1-2-4-6-20(24)28/h1,3,9-11,14-18,25-27H,2,4-8,12H2,(H2,24,28)/b3-1-,10-9+/t14?,15-,16?,17?,18?/m1/s1. The third kappa shape index (κ3) is 8.26. The first kappa shape index (κ1) is 24.8. The zero-order chi connectivity index (χ0) is 21.4. The number of carbonyl (C=O) groups excluding carboxylic acids is 1. The van der Waals surface area contributed by atoms with Crippen LogP contribution in [0.3, 0.4) is 0 Å². The van der Waals surface area contributed by atoms with E-state index >= 15 is 0 Å². The molecule has 0 spiro atoms. The summed E-state index contributed by atoms with van der Waals surface area (Å²) >= 11 is 8.60. The Labute approximate surface area is 193 Å². The van der Waals surface area contributed by atoms with Gasteiger partial charge < -0.3 is 21.1 Å². The van der Waals surface area contributed by atoms with Crippen LogP contribution in [0.1, 0.15) is 44.1 Å². The molecule has 1 fully saturated rings. The molecule has 5 nitrogen and oxygen atoms in total. The molecule has 0 aromatic carbocycles. The second-order valence-corrected chi connectivity index (χ2v) is 11.3. The zero-order valence-electron chi connectivity index (χ0n) is 16.2. The molecule has 0 saturated heterocycles. The lowest BCUT2D eigenvalue weighted by Gasteiger charge is -2.19. The Morgan fingerprint density at radius 1 is 1.31 bits per heavy atom. The van der Waals surface area contributed by atoms with Crippen LogP contribution >= 0.6 is 43.2 Å². The minimum Gasteiger partial charge on any atom is -0.393 e. The van der Waals surface area contributed by atoms with Gasteiger partial charge in [0.15, 0.2) is 0 Å². The van der Waals surface area contributed by atoms with Crippen LogP contribution in [-0.2, 0) is 11.2 Å². The number of allylic oxidation sites excluding steroid dienone is 2. The van der Waals surface area contributed by atoms with Gasteiger partial charge in [-0.1, -0.05) is 24.3 Å². The molecule has 4 unspecified atom stereocenters. The fourth-order valence-corrected chi connectivity index (χ4v) is 6.59. The molecular formula is C21H29Br2NO4S. The van der Waals surface area contributed by atoms with Gasteiger partial charge in [-0.3, -0.25) is 4.79 Å². The maximum atomic E-state index is 10.7. The maximum absolute atomic E-state index is 10.7. The van der Waals surface area contributed by atoms with E-state index in [9.17, 15) is 20.1 Å². The Morgan fingerprint density at radius 2 is 2.07 bits per heavy atom. The van der Waals surface area contributed by atoms with E-state index in [0.29, 0.717) is 32.1 Å². The van der Waals surface area contributed by atoms with Crippen LogP contribution in [0.5, 0.6) is 0 Å². The highest BCUT2D eigenvalue weighted by molar-refractivity contribution is 9.12. The fourth-order valence-electron chi connectivity index (χ4n) is 3.67. The number of aliphatic hydroxyl groups excluding tert-OH is 3. The van der Waals surface area contributed by atoms with Crippen molar-refractivity contribution in [3.05, 3.63) is 43.5 Å². The third-order valence-corrected chi connectivity index (χ3v) is 7.74. The number of amides is 1. The Kier molecular flexibility index (Phi) is 10.6. The highest BCUT2D eigenvalue weighted by Gasteiger charge is 2.39. The first-order chi connectivity index (χ1) is 13.8. The topological polar surface area (TPSA) is 104 Å². The number of aryl methyl sites for hydroxylation is 1. The van der Waals surface area contributed by atoms with Gasteiger partial charge in [-0.15, -0.1) is 11.3 Å². The highest BCUT2D eigenvalue weighted by Crippen LogP contribution is 2.36. The van der Waals surface area contributed by atoms with Crippen molar-refractivity contribution in [1.82, 2.24) is 0 Å². The van der Waals surface area contributed by atoms with E-state index in [1.54, 1.807) is 17.4 Å². The minimum atomic E-state index is -0.608. The molecule has 2 rings (SSSR count). The molecule has 1 amide bonds. The summed E-state index contributed by atoms with van der Waals surface area (Å²) in [5.41, 5.74) is 6.28. The fraction of sp³-hybridized carbons (Fsp3) is 0.571. The van der Waals surface area contributed by atoms with Crippen LogP contribution in [0.4, 0.5) is 0 Å². The van der Waals surface area contributed by atoms with Crippen molar-refractivity contribution in [3.8, 4) is 0 Å². The third-order valence-electron chi connectivity index (χ3n) is 5.28. The number of rotatable bonds is 11. The highest BCUT2D eigenvalue weighted by atomic mass is 79.9. The van der Waals surface area contributed by atoms with Crippen molar-refractivity contribution in [2.45, 2.75) is 63.3 Å². The minimum absolute atomic E-state index is 0.0807. The van der Waals surface area contributed by atoms with E-state index in [4.69, 9.17) is 5.73 Å². The van der Waals surface area contributed by atoms with Crippen LogP contribution < -0.4 is 5.73 Å². The van der Waals surface area contributed by atoms with E-state index in [0.717, 1.165) is 26.0 Å². The Bertz CT molecular complexity index is 722. The summed E-state index contributed by atoms with van der Waals surface area (Å²) in [7, 11) is 0. The normalized spacial score (nSPS) is 26.0. The van der Waals surface area contributed by atoms with E-state index in [1.807, 2.05) is 24.3 Å². The summed E-state index contributed by atoms with van der Waals surface area (Å²) in [5.74, 6) is -0.560. The van der Waals surface area contributed by atoms with Crippen molar-refractivity contribution in [2.75, 3.05) is 0 Å². The number of unbranched alkanes of at least 4 members (excludes halogenated alkanes) is 1. The summed E-state index contributed by atoms with van der Waals surface area (Å²) in [5, 5.41) is 30.9. The number of hydrogen-bond donors (Lipinski definition) is 4. The van der Waals surface area contributed by atoms with Crippen molar-refractivity contribution in [2.24, 2.45) is 17.6 Å². The van der Waals surface area contributed by atoms with Crippen LogP contribution in [0.25, 0.3) is 0 Å². The lowest BCUT2D eigenvalue weighted by Crippen LogP contribution is -2.20. The predicted molar refractivity (Wildman–Crippen MR) is 124 cm³/mol. The van der Waals surface area contributed by atoms with Crippen molar-refractivity contribution >= 4 is 49.1 Å². The first-order valence-electron chi connectivity index (χ1n) is 9.87. The van der Waals surface area contributed by atoms with E-state index in [-0.39, 0.29) is 17.7 Å². The number of aliphatic hydroxyl groups is 3. The van der Waals surface area contributed by atoms with E-state index in [2.05, 4.69) is 31.9 Å². The molecule has 1 aliphatic carbocycles. The number of halogens is 2. The molecule has 1 aromatic rings. The quantitative estimate of drug-likeness (QED) is 0.246. The molecule has 1 heterocycles. The summed E-state index contributed by atoms with van der Waals surface area (Å²) in [6.45, 7) is 0. The summed E-state index contributed by atoms with van der Waals surface area (Å²) < 4.78 is 2.12. The molecule has 5 atom stereocenters. The SMILES string of the molecule is NC(=O)CCC/C=C\C[C@H]1C(O)CC(O)C1/C=C/C(O)CCc1cc(Br)sc1Br. The van der Waals surface area contributed by atoms with Gasteiger partial charge >= 0.3 is 0 Å². The van der Waals surface area contributed by atoms with Crippen molar-refractivity contribution in [3.63, 3.8) is 0 Å². The van der Waals surface area contributed by atoms with Gasteiger partial charge in [-0.05, 0) is 81.5 Å². The van der Waals surface area contributed by atoms with Gasteiger partial charge in [0.25, 0.3) is 0 Å². The zero-order valence-corrected chi connectivity index (χ0v) is 20.2. The number of nitrogens with two attached hydrogens (primary N) is 1. The lowest BCUT2D eigenvalue weighted by molar-refractivity contribution is -0.118. The molecule has 29 heavy (non-hydrogen) atoms. The largest absolute Gasteiger partial charge is 0.393 e. The molecule has 1 aliphatic rings. The van der Waals surface area contributed by atoms with Crippen LogP contribution in [0, 0.1) is 11.8 Å². The summed E-state index contributed by atoms with van der Waals surface area (Å²) in [4.78, 5) is 10.7. The Hall–Kier alpha value is -0.510. The van der Waals surface area contributed by atoms with Crippen molar-refractivity contribution < 1.29 is 20.1 Å². The molecule has 162 valence electrons. The van der Waals surface area contributed by atoms with Gasteiger partial charge in [0.2, 0.25) is 5.91 Å². The average molecular weight is 551 g/mol. The van der Waals surface area contributed by atoms with Gasteiger partial charge in [-0.2, -0.15) is 0 Å². The van der Waals surface area contributed by atoms with Crippen LogP contribution in [0.2, 0.25) is 0 Å². The molecule has 5 N–H and O–H groups in total. The predicted octanol–water partition coefficient (Wildman–Crippen LogP) is 4.08. The molecule has 0 radical (unpaired) electrons. The maximum Gasteiger partial charge on any atom is 0.217 e. The summed E-state index contributed by atoms with van der Waals surface area (Å²) in [6, 6.07) is 2.05. The summed E-state index contributed by atoms with van der Waals surface area (Å²) in [6.07, 6.45) is 10.0. The van der Waals surface area contributed by atoms with Crippen molar-refractivity contribution in [1.29, 1.82) is 0 Å². The smallest absolute Gasteiger partial charge is 0.217 e. The Balaban J connectivity index is 1.84. The average Bonchev–Trinajstić information content (AvgIpc) is 3.11. The molecular weight excluding hydrogens is 522 g/mol. The molecule has 0 bridgehead atoms. The number of carbonyl (C=O) groups is 1. The Morgan fingerprint density at radius 3 is 2.72 bits per heavy atom. The molecule has 8 heteroatoms.